The van der Waals surface area contributed by atoms with Crippen molar-refractivity contribution in [2.45, 2.75) is 31.7 Å². The van der Waals surface area contributed by atoms with Crippen LogP contribution in [0.1, 0.15) is 17.7 Å². The van der Waals surface area contributed by atoms with Crippen molar-refractivity contribution in [3.05, 3.63) is 47.9 Å². The molecule has 2 atom stereocenters. The zero-order valence-corrected chi connectivity index (χ0v) is 20.2. The van der Waals surface area contributed by atoms with E-state index in [9.17, 15) is 23.1 Å². The van der Waals surface area contributed by atoms with Gasteiger partial charge < -0.3 is 25.2 Å². The monoisotopic (exact) mass is 531 g/mol. The molecular weight excluding hydrogens is 507 g/mol. The van der Waals surface area contributed by atoms with Crippen molar-refractivity contribution in [2.24, 2.45) is 0 Å². The van der Waals surface area contributed by atoms with Crippen LogP contribution in [0.25, 0.3) is 11.4 Å². The van der Waals surface area contributed by atoms with E-state index < -0.39 is 30.5 Å². The van der Waals surface area contributed by atoms with Gasteiger partial charge >= 0.3 is 18.2 Å². The van der Waals surface area contributed by atoms with Crippen molar-refractivity contribution in [1.82, 2.24) is 19.9 Å². The van der Waals surface area contributed by atoms with E-state index in [1.165, 1.54) is 29.4 Å². The van der Waals surface area contributed by atoms with Crippen LogP contribution in [0.2, 0.25) is 0 Å². The molecule has 0 spiro atoms. The number of aromatic nitrogens is 4. The highest BCUT2D eigenvalue weighted by atomic mass is 19.4. The van der Waals surface area contributed by atoms with E-state index in [1.807, 2.05) is 0 Å². The summed E-state index contributed by atoms with van der Waals surface area (Å²) in [4.78, 5) is 34.0. The molecule has 2 aliphatic rings. The lowest BCUT2D eigenvalue weighted by Crippen LogP contribution is -2.48. The van der Waals surface area contributed by atoms with Gasteiger partial charge in [0.1, 0.15) is 18.4 Å². The van der Waals surface area contributed by atoms with E-state index in [2.05, 4.69) is 30.2 Å². The molecule has 1 saturated heterocycles. The van der Waals surface area contributed by atoms with E-state index in [4.69, 9.17) is 9.84 Å². The smallest absolute Gasteiger partial charge is 0.416 e. The molecule has 3 N–H and O–H groups in total. The Morgan fingerprint density at radius 2 is 2.03 bits per heavy atom. The standard InChI is InChI=1S/C24H24F3N7O4/c1-13-19-21(32-20(30-13)14-3-2-4-15(7-14)24(25,26)27)34(17-5-6-33(19)10-17)23(37)31-16-8-28-22(29-9-16)38-12-18(36)11-35/h2-4,7-9,17-18,35-36H,5-6,10-12H2,1H3,(H,31,37)/t17?,18-/m1/s1. The molecular formula is C24H24F3N7O4. The summed E-state index contributed by atoms with van der Waals surface area (Å²) in [6.45, 7) is 2.33. The number of halogens is 3. The van der Waals surface area contributed by atoms with Crippen molar-refractivity contribution in [3.8, 4) is 17.4 Å². The second-order valence-corrected chi connectivity index (χ2v) is 8.97. The molecule has 2 amide bonds. The number of nitrogens with zero attached hydrogens (tertiary/aromatic N) is 6. The summed E-state index contributed by atoms with van der Waals surface area (Å²) in [5.41, 5.74) is 0.860. The molecule has 11 nitrogen and oxygen atoms in total. The summed E-state index contributed by atoms with van der Waals surface area (Å²) in [6.07, 6.45) is -2.25. The van der Waals surface area contributed by atoms with E-state index in [-0.39, 0.29) is 35.7 Å². The number of rotatable bonds is 6. The van der Waals surface area contributed by atoms with Crippen molar-refractivity contribution >= 4 is 23.2 Å². The predicted molar refractivity (Wildman–Crippen MR) is 130 cm³/mol. The van der Waals surface area contributed by atoms with Crippen LogP contribution in [0.15, 0.2) is 36.7 Å². The summed E-state index contributed by atoms with van der Waals surface area (Å²) < 4.78 is 45.1. The minimum absolute atomic E-state index is 0.0423. The van der Waals surface area contributed by atoms with Gasteiger partial charge in [-0.2, -0.15) is 13.2 Å². The third kappa shape index (κ3) is 5.04. The van der Waals surface area contributed by atoms with Gasteiger partial charge in [0.05, 0.1) is 42.0 Å². The van der Waals surface area contributed by atoms with Gasteiger partial charge in [-0.05, 0) is 25.5 Å². The van der Waals surface area contributed by atoms with Gasteiger partial charge in [-0.15, -0.1) is 0 Å². The number of carbonyl (C=O) groups is 1. The van der Waals surface area contributed by atoms with Crippen LogP contribution in [-0.4, -0.2) is 74.6 Å². The Morgan fingerprint density at radius 3 is 2.74 bits per heavy atom. The fraction of sp³-hybridized carbons (Fsp3) is 0.375. The molecule has 4 heterocycles. The molecule has 0 radical (unpaired) electrons. The number of ether oxygens (including phenoxy) is 1. The summed E-state index contributed by atoms with van der Waals surface area (Å²) in [5, 5.41) is 21.0. The highest BCUT2D eigenvalue weighted by molar-refractivity contribution is 6.04. The van der Waals surface area contributed by atoms with Gasteiger partial charge in [0.15, 0.2) is 11.6 Å². The topological polar surface area (TPSA) is 137 Å². The van der Waals surface area contributed by atoms with E-state index >= 15 is 0 Å². The first kappa shape index (κ1) is 25.6. The summed E-state index contributed by atoms with van der Waals surface area (Å²) >= 11 is 0. The summed E-state index contributed by atoms with van der Waals surface area (Å²) in [7, 11) is 0. The normalized spacial score (nSPS) is 17.3. The number of anilines is 3. The molecule has 1 fully saturated rings. The molecule has 2 aliphatic heterocycles. The Balaban J connectivity index is 1.43. The number of hydrogen-bond acceptors (Lipinski definition) is 9. The number of aliphatic hydroxyl groups is 2. The highest BCUT2D eigenvalue weighted by Gasteiger charge is 2.42. The number of aryl methyl sites for hydroxylation is 1. The van der Waals surface area contributed by atoms with Gasteiger partial charge in [0.2, 0.25) is 0 Å². The number of aliphatic hydroxyl groups excluding tert-OH is 2. The van der Waals surface area contributed by atoms with Gasteiger partial charge in [0.25, 0.3) is 0 Å². The molecule has 14 heteroatoms. The Hall–Kier alpha value is -4.04. The maximum Gasteiger partial charge on any atom is 0.416 e. The first-order chi connectivity index (χ1) is 18.1. The minimum Gasteiger partial charge on any atom is -0.461 e. The second kappa shape index (κ2) is 10.0. The van der Waals surface area contributed by atoms with Crippen LogP contribution in [-0.2, 0) is 6.18 Å². The molecule has 200 valence electrons. The third-order valence-corrected chi connectivity index (χ3v) is 6.27. The number of carbonyl (C=O) groups excluding carboxylic acids is 1. The molecule has 0 saturated carbocycles. The van der Waals surface area contributed by atoms with Crippen LogP contribution in [0, 0.1) is 6.92 Å². The lowest BCUT2D eigenvalue weighted by molar-refractivity contribution is -0.137. The molecule has 3 aromatic rings. The number of nitrogens with one attached hydrogen (secondary N) is 1. The summed E-state index contributed by atoms with van der Waals surface area (Å²) in [5.74, 6) is 0.401. The molecule has 2 aromatic heterocycles. The lowest BCUT2D eigenvalue weighted by Gasteiger charge is -2.36. The largest absolute Gasteiger partial charge is 0.461 e. The molecule has 1 aromatic carbocycles. The first-order valence-corrected chi connectivity index (χ1v) is 11.8. The van der Waals surface area contributed by atoms with Crippen LogP contribution < -0.4 is 19.9 Å². The van der Waals surface area contributed by atoms with Gasteiger partial charge in [-0.3, -0.25) is 4.90 Å². The maximum atomic E-state index is 13.4. The predicted octanol–water partition coefficient (Wildman–Crippen LogP) is 2.62. The number of benzene rings is 1. The molecule has 5 rings (SSSR count). The Kier molecular flexibility index (Phi) is 6.75. The molecule has 38 heavy (non-hydrogen) atoms. The first-order valence-electron chi connectivity index (χ1n) is 11.8. The lowest BCUT2D eigenvalue weighted by atomic mass is 10.1. The maximum absolute atomic E-state index is 13.4. The van der Waals surface area contributed by atoms with Crippen LogP contribution in [0.4, 0.5) is 35.2 Å². The molecule has 2 bridgehead atoms. The van der Waals surface area contributed by atoms with E-state index in [1.54, 1.807) is 6.92 Å². The molecule has 1 unspecified atom stereocenters. The average Bonchev–Trinajstić information content (AvgIpc) is 3.30. The average molecular weight is 531 g/mol. The van der Waals surface area contributed by atoms with Crippen molar-refractivity contribution in [3.63, 3.8) is 0 Å². The van der Waals surface area contributed by atoms with Gasteiger partial charge in [0, 0.05) is 18.7 Å². The number of fused-ring (bicyclic) bond motifs is 4. The number of hydrogen-bond donors (Lipinski definition) is 3. The van der Waals surface area contributed by atoms with Crippen molar-refractivity contribution < 1.29 is 32.9 Å². The minimum atomic E-state index is -4.52. The summed E-state index contributed by atoms with van der Waals surface area (Å²) in [6, 6.07) is 4.02. The van der Waals surface area contributed by atoms with Crippen LogP contribution in [0.3, 0.4) is 0 Å². The van der Waals surface area contributed by atoms with Crippen molar-refractivity contribution in [2.75, 3.05) is 41.4 Å². The number of amides is 2. The van der Waals surface area contributed by atoms with Gasteiger partial charge in [-0.25, -0.2) is 24.7 Å². The fourth-order valence-corrected chi connectivity index (χ4v) is 4.51. The molecule has 0 aliphatic carbocycles. The Morgan fingerprint density at radius 1 is 1.26 bits per heavy atom. The zero-order chi connectivity index (χ0) is 27.0. The van der Waals surface area contributed by atoms with E-state index in [0.717, 1.165) is 12.1 Å². The highest BCUT2D eigenvalue weighted by Crippen LogP contribution is 2.42. The van der Waals surface area contributed by atoms with Crippen molar-refractivity contribution in [1.29, 1.82) is 0 Å². The quantitative estimate of drug-likeness (QED) is 0.438. The Labute approximate surface area is 214 Å². The number of urea groups is 1. The second-order valence-electron chi connectivity index (χ2n) is 8.97. The van der Waals surface area contributed by atoms with Crippen LogP contribution >= 0.6 is 0 Å². The van der Waals surface area contributed by atoms with Crippen LogP contribution in [0.5, 0.6) is 6.01 Å². The SMILES string of the molecule is Cc1nc(-c2cccc(C(F)(F)F)c2)nc2c1N1CCC(C1)N2C(=O)Nc1cnc(OC[C@H](O)CO)nc1. The van der Waals surface area contributed by atoms with Gasteiger partial charge in [-0.1, -0.05) is 12.1 Å². The fourth-order valence-electron chi connectivity index (χ4n) is 4.51. The third-order valence-electron chi connectivity index (χ3n) is 6.27. The van der Waals surface area contributed by atoms with E-state index in [0.29, 0.717) is 36.7 Å². The number of alkyl halides is 3. The zero-order valence-electron chi connectivity index (χ0n) is 20.2. The Bertz CT molecular complexity index is 1340.